The Morgan fingerprint density at radius 3 is 2.55 bits per heavy atom. The molecule has 2 aromatic rings. The van der Waals surface area contributed by atoms with Crippen molar-refractivity contribution >= 4 is 11.6 Å². The first kappa shape index (κ1) is 21.5. The molecule has 3 aliphatic rings. The number of aromatic nitrogens is 2. The fraction of sp³-hybridized carbons (Fsp3) is 0.565. The number of nitrogens with one attached hydrogen (secondary N) is 1. The lowest BCUT2D eigenvalue weighted by molar-refractivity contribution is 0.101. The fourth-order valence-electron chi connectivity index (χ4n) is 5.72. The molecule has 1 heterocycles. The SMILES string of the molecule is CC.CC.CC1C2CCC3c4c(NC(=O)c5cn(C)nc5C(F)F)cccc4C312. The van der Waals surface area contributed by atoms with Gasteiger partial charge in [-0.25, -0.2) is 8.78 Å². The monoisotopic (exact) mass is 403 g/mol. The van der Waals surface area contributed by atoms with E-state index < -0.39 is 18.0 Å². The van der Waals surface area contributed by atoms with Gasteiger partial charge in [0, 0.05) is 24.3 Å². The summed E-state index contributed by atoms with van der Waals surface area (Å²) in [6.07, 6.45) is 0.977. The van der Waals surface area contributed by atoms with Crippen LogP contribution in [-0.4, -0.2) is 15.7 Å². The van der Waals surface area contributed by atoms with E-state index in [1.807, 2.05) is 39.8 Å². The van der Waals surface area contributed by atoms with Gasteiger partial charge in [-0.1, -0.05) is 46.8 Å². The van der Waals surface area contributed by atoms with Crippen LogP contribution in [0.1, 0.15) is 87.0 Å². The third-order valence-corrected chi connectivity index (χ3v) is 6.68. The summed E-state index contributed by atoms with van der Waals surface area (Å²) in [5.41, 5.74) is 3.13. The molecule has 0 radical (unpaired) electrons. The lowest BCUT2D eigenvalue weighted by atomic mass is 9.63. The number of rotatable bonds is 3. The number of anilines is 1. The van der Waals surface area contributed by atoms with Crippen molar-refractivity contribution in [3.05, 3.63) is 46.8 Å². The predicted octanol–water partition coefficient (Wildman–Crippen LogP) is 6.06. The van der Waals surface area contributed by atoms with Gasteiger partial charge in [-0.15, -0.1) is 0 Å². The topological polar surface area (TPSA) is 46.9 Å². The van der Waals surface area contributed by atoms with Crippen molar-refractivity contribution in [2.75, 3.05) is 5.32 Å². The number of hydrogen-bond donors (Lipinski definition) is 1. The van der Waals surface area contributed by atoms with Gasteiger partial charge in [0.15, 0.2) is 0 Å². The molecule has 4 nitrogen and oxygen atoms in total. The van der Waals surface area contributed by atoms with Crippen LogP contribution < -0.4 is 5.32 Å². The molecule has 1 aromatic carbocycles. The van der Waals surface area contributed by atoms with Crippen molar-refractivity contribution in [1.29, 1.82) is 0 Å². The summed E-state index contributed by atoms with van der Waals surface area (Å²) >= 11 is 0. The lowest BCUT2D eigenvalue weighted by Crippen LogP contribution is -2.33. The van der Waals surface area contributed by atoms with Crippen molar-refractivity contribution in [3.63, 3.8) is 0 Å². The van der Waals surface area contributed by atoms with E-state index in [-0.39, 0.29) is 5.56 Å². The summed E-state index contributed by atoms with van der Waals surface area (Å²) in [7, 11) is 1.54. The first-order valence-corrected chi connectivity index (χ1v) is 10.7. The molecule has 4 atom stereocenters. The van der Waals surface area contributed by atoms with Crippen LogP contribution in [0.15, 0.2) is 24.4 Å². The molecule has 4 unspecified atom stereocenters. The minimum absolute atomic E-state index is 0.0618. The number of halogens is 2. The molecule has 158 valence electrons. The average molecular weight is 404 g/mol. The summed E-state index contributed by atoms with van der Waals surface area (Å²) in [6, 6.07) is 6.00. The number of fused-ring (bicyclic) bond motifs is 2. The Labute approximate surface area is 171 Å². The number of benzene rings is 1. The zero-order chi connectivity index (χ0) is 21.5. The first-order valence-electron chi connectivity index (χ1n) is 10.7. The Morgan fingerprint density at radius 2 is 1.93 bits per heavy atom. The highest BCUT2D eigenvalue weighted by atomic mass is 19.3. The highest BCUT2D eigenvalue weighted by molar-refractivity contribution is 6.05. The van der Waals surface area contributed by atoms with Gasteiger partial charge >= 0.3 is 0 Å². The highest BCUT2D eigenvalue weighted by Crippen LogP contribution is 2.81. The van der Waals surface area contributed by atoms with Gasteiger partial charge in [-0.2, -0.15) is 5.10 Å². The second kappa shape index (κ2) is 7.88. The molecule has 5 rings (SSSR count). The summed E-state index contributed by atoms with van der Waals surface area (Å²) in [4.78, 5) is 12.6. The lowest BCUT2D eigenvalue weighted by Gasteiger charge is -2.41. The van der Waals surface area contributed by atoms with Crippen LogP contribution in [0.5, 0.6) is 0 Å². The molecule has 29 heavy (non-hydrogen) atoms. The highest BCUT2D eigenvalue weighted by Gasteiger charge is 2.75. The maximum absolute atomic E-state index is 13.1. The van der Waals surface area contributed by atoms with Crippen LogP contribution in [0.25, 0.3) is 0 Å². The van der Waals surface area contributed by atoms with E-state index in [0.29, 0.717) is 17.3 Å². The molecule has 2 saturated carbocycles. The van der Waals surface area contributed by atoms with Crippen LogP contribution in [-0.2, 0) is 12.5 Å². The number of carbonyl (C=O) groups is 1. The van der Waals surface area contributed by atoms with E-state index in [1.54, 1.807) is 0 Å². The van der Waals surface area contributed by atoms with E-state index in [9.17, 15) is 13.6 Å². The minimum Gasteiger partial charge on any atom is -0.322 e. The molecule has 1 amide bonds. The Kier molecular flexibility index (Phi) is 5.84. The molecule has 1 aromatic heterocycles. The second-order valence-corrected chi connectivity index (χ2v) is 7.58. The van der Waals surface area contributed by atoms with Crippen molar-refractivity contribution in [2.24, 2.45) is 18.9 Å². The molecule has 3 aliphatic carbocycles. The normalized spacial score (nSPS) is 27.3. The van der Waals surface area contributed by atoms with Gasteiger partial charge in [0.1, 0.15) is 5.69 Å². The molecule has 1 N–H and O–H groups in total. The number of hydrogen-bond acceptors (Lipinski definition) is 2. The van der Waals surface area contributed by atoms with Crippen molar-refractivity contribution in [3.8, 4) is 0 Å². The molecule has 1 spiro atoms. The molecule has 0 bridgehead atoms. The van der Waals surface area contributed by atoms with E-state index in [2.05, 4.69) is 23.4 Å². The van der Waals surface area contributed by atoms with Gasteiger partial charge in [-0.05, 0) is 47.8 Å². The maximum atomic E-state index is 13.1. The quantitative estimate of drug-likeness (QED) is 0.677. The van der Waals surface area contributed by atoms with Crippen LogP contribution in [0.3, 0.4) is 0 Å². The van der Waals surface area contributed by atoms with Crippen molar-refractivity contribution in [1.82, 2.24) is 9.78 Å². The Bertz CT molecular complexity index is 908. The molecule has 6 heteroatoms. The predicted molar refractivity (Wildman–Crippen MR) is 112 cm³/mol. The number of alkyl halides is 2. The number of nitrogens with zero attached hydrogens (tertiary/aromatic N) is 2. The average Bonchev–Trinajstić information content (AvgIpc) is 3.02. The summed E-state index contributed by atoms with van der Waals surface area (Å²) in [5.74, 6) is 1.48. The van der Waals surface area contributed by atoms with Crippen LogP contribution in [0.2, 0.25) is 0 Å². The Hall–Kier alpha value is -2.24. The minimum atomic E-state index is -2.77. The summed E-state index contributed by atoms with van der Waals surface area (Å²) in [6.45, 7) is 10.3. The standard InChI is InChI=1S/C19H19F2N3O.2C2H6/c1-9-11-6-7-13-15-12(19(9,11)13)4-3-5-14(15)22-18(25)10-8-24(2)23-16(10)17(20)21;2*1-2/h3-5,8-9,11,13,17H,6-7H2,1-2H3,(H,22,25);2*1-2H3. The van der Waals surface area contributed by atoms with Crippen LogP contribution >= 0.6 is 0 Å². The smallest absolute Gasteiger partial charge is 0.282 e. The van der Waals surface area contributed by atoms with Crippen molar-refractivity contribution in [2.45, 2.75) is 65.2 Å². The van der Waals surface area contributed by atoms with E-state index in [0.717, 1.165) is 18.0 Å². The Morgan fingerprint density at radius 1 is 1.24 bits per heavy atom. The maximum Gasteiger partial charge on any atom is 0.282 e. The van der Waals surface area contributed by atoms with Crippen molar-refractivity contribution < 1.29 is 13.6 Å². The third kappa shape index (κ3) is 2.90. The zero-order valence-corrected chi connectivity index (χ0v) is 18.1. The molecular weight excluding hydrogens is 372 g/mol. The largest absolute Gasteiger partial charge is 0.322 e. The summed E-state index contributed by atoms with van der Waals surface area (Å²) in [5, 5.41) is 6.58. The van der Waals surface area contributed by atoms with E-state index in [1.165, 1.54) is 35.5 Å². The van der Waals surface area contributed by atoms with E-state index >= 15 is 0 Å². The van der Waals surface area contributed by atoms with Crippen LogP contribution in [0.4, 0.5) is 14.5 Å². The fourth-order valence-corrected chi connectivity index (χ4v) is 5.72. The number of amides is 1. The van der Waals surface area contributed by atoms with E-state index in [4.69, 9.17) is 0 Å². The third-order valence-electron chi connectivity index (χ3n) is 6.68. The molecule has 0 aliphatic heterocycles. The molecule has 0 saturated heterocycles. The summed E-state index contributed by atoms with van der Waals surface area (Å²) < 4.78 is 27.5. The molecular formula is C23H31F2N3O. The van der Waals surface area contributed by atoms with Gasteiger partial charge in [0.05, 0.1) is 5.56 Å². The number of aryl methyl sites for hydroxylation is 1. The van der Waals surface area contributed by atoms with Gasteiger partial charge in [0.25, 0.3) is 12.3 Å². The van der Waals surface area contributed by atoms with Crippen LogP contribution in [0, 0.1) is 11.8 Å². The second-order valence-electron chi connectivity index (χ2n) is 7.58. The first-order chi connectivity index (χ1) is 14.0. The van der Waals surface area contributed by atoms with Gasteiger partial charge < -0.3 is 5.32 Å². The molecule has 2 fully saturated rings. The Balaban J connectivity index is 0.000000568. The zero-order valence-electron chi connectivity index (χ0n) is 18.1. The van der Waals surface area contributed by atoms with Gasteiger partial charge in [-0.3, -0.25) is 9.48 Å². The number of carbonyl (C=O) groups excluding carboxylic acids is 1. The van der Waals surface area contributed by atoms with Gasteiger partial charge in [0.2, 0.25) is 0 Å².